The molecule has 0 radical (unpaired) electrons. The number of pyridine rings is 1. The van der Waals surface area contributed by atoms with Gasteiger partial charge in [-0.3, -0.25) is 9.78 Å². The SMILES string of the molecule is O=C(Cl)c1ccnc(C(F)(F)F)c1Cl. The lowest BCUT2D eigenvalue weighted by Crippen LogP contribution is -2.10. The zero-order valence-corrected chi connectivity index (χ0v) is 7.91. The Morgan fingerprint density at radius 3 is 2.43 bits per heavy atom. The average molecular weight is 244 g/mol. The molecular formula is C7H2Cl2F3NO. The maximum Gasteiger partial charge on any atom is 0.434 e. The molecule has 0 aliphatic rings. The molecule has 0 aliphatic heterocycles. The molecular weight excluding hydrogens is 242 g/mol. The van der Waals surface area contributed by atoms with Gasteiger partial charge < -0.3 is 0 Å². The summed E-state index contributed by atoms with van der Waals surface area (Å²) in [5.74, 6) is 0. The first-order valence-electron chi connectivity index (χ1n) is 3.25. The molecule has 0 saturated heterocycles. The van der Waals surface area contributed by atoms with E-state index >= 15 is 0 Å². The lowest BCUT2D eigenvalue weighted by atomic mass is 10.2. The van der Waals surface area contributed by atoms with Crippen LogP contribution in [-0.4, -0.2) is 10.2 Å². The number of alkyl halides is 3. The molecule has 14 heavy (non-hydrogen) atoms. The van der Waals surface area contributed by atoms with Gasteiger partial charge in [-0.05, 0) is 17.7 Å². The Kier molecular flexibility index (Phi) is 3.01. The number of hydrogen-bond acceptors (Lipinski definition) is 2. The molecule has 0 saturated carbocycles. The van der Waals surface area contributed by atoms with Crippen molar-refractivity contribution in [2.45, 2.75) is 6.18 Å². The second kappa shape index (κ2) is 3.74. The number of nitrogens with zero attached hydrogens (tertiary/aromatic N) is 1. The Labute approximate surface area is 86.6 Å². The molecule has 1 heterocycles. The summed E-state index contributed by atoms with van der Waals surface area (Å²) in [6, 6.07) is 1.02. The summed E-state index contributed by atoms with van der Waals surface area (Å²) in [7, 11) is 0. The molecule has 0 aliphatic carbocycles. The fourth-order valence-corrected chi connectivity index (χ4v) is 1.30. The molecule has 0 amide bonds. The number of hydrogen-bond donors (Lipinski definition) is 0. The first kappa shape index (κ1) is 11.3. The highest BCUT2D eigenvalue weighted by atomic mass is 35.5. The van der Waals surface area contributed by atoms with Gasteiger partial charge >= 0.3 is 6.18 Å². The van der Waals surface area contributed by atoms with E-state index in [1.165, 1.54) is 0 Å². The highest BCUT2D eigenvalue weighted by Crippen LogP contribution is 2.34. The predicted octanol–water partition coefficient (Wildman–Crippen LogP) is 3.13. The van der Waals surface area contributed by atoms with E-state index in [4.69, 9.17) is 23.2 Å². The lowest BCUT2D eigenvalue weighted by molar-refractivity contribution is -0.141. The van der Waals surface area contributed by atoms with Gasteiger partial charge in [0.15, 0.2) is 5.69 Å². The van der Waals surface area contributed by atoms with Crippen molar-refractivity contribution in [3.05, 3.63) is 28.5 Å². The van der Waals surface area contributed by atoms with Crippen LogP contribution < -0.4 is 0 Å². The number of halogens is 5. The van der Waals surface area contributed by atoms with E-state index < -0.39 is 27.7 Å². The summed E-state index contributed by atoms with van der Waals surface area (Å²) < 4.78 is 36.6. The molecule has 0 N–H and O–H groups in total. The van der Waals surface area contributed by atoms with Crippen LogP contribution in [0, 0.1) is 0 Å². The molecule has 2 nitrogen and oxygen atoms in total. The molecule has 0 fully saturated rings. The third-order valence-electron chi connectivity index (χ3n) is 1.37. The van der Waals surface area contributed by atoms with Crippen molar-refractivity contribution in [2.75, 3.05) is 0 Å². The van der Waals surface area contributed by atoms with E-state index in [9.17, 15) is 18.0 Å². The summed E-state index contributed by atoms with van der Waals surface area (Å²) in [5.41, 5.74) is -1.72. The number of carbonyl (C=O) groups excluding carboxylic acids is 1. The summed E-state index contributed by atoms with van der Waals surface area (Å²) in [6.45, 7) is 0. The first-order chi connectivity index (χ1) is 6.34. The summed E-state index contributed by atoms with van der Waals surface area (Å²) >= 11 is 10.3. The Hall–Kier alpha value is -0.810. The molecule has 7 heteroatoms. The van der Waals surface area contributed by atoms with Gasteiger partial charge in [0.05, 0.1) is 10.6 Å². The van der Waals surface area contributed by atoms with E-state index in [-0.39, 0.29) is 0 Å². The van der Waals surface area contributed by atoms with Crippen molar-refractivity contribution in [2.24, 2.45) is 0 Å². The molecule has 1 rings (SSSR count). The van der Waals surface area contributed by atoms with Crippen LogP contribution in [0.4, 0.5) is 13.2 Å². The Morgan fingerprint density at radius 2 is 2.00 bits per heavy atom. The molecule has 1 aromatic rings. The zero-order valence-electron chi connectivity index (χ0n) is 6.40. The van der Waals surface area contributed by atoms with Crippen LogP contribution >= 0.6 is 23.2 Å². The predicted molar refractivity (Wildman–Crippen MR) is 44.4 cm³/mol. The van der Waals surface area contributed by atoms with Crippen LogP contribution in [0.3, 0.4) is 0 Å². The minimum atomic E-state index is -4.70. The number of carbonyl (C=O) groups is 1. The maximum atomic E-state index is 12.2. The van der Waals surface area contributed by atoms with Gasteiger partial charge in [0.1, 0.15) is 0 Å². The van der Waals surface area contributed by atoms with Crippen LogP contribution in [0.1, 0.15) is 16.1 Å². The van der Waals surface area contributed by atoms with E-state index in [2.05, 4.69) is 4.98 Å². The molecule has 0 unspecified atom stereocenters. The van der Waals surface area contributed by atoms with Crippen molar-refractivity contribution in [3.63, 3.8) is 0 Å². The van der Waals surface area contributed by atoms with Crippen molar-refractivity contribution in [1.29, 1.82) is 0 Å². The van der Waals surface area contributed by atoms with Crippen LogP contribution in [-0.2, 0) is 6.18 Å². The van der Waals surface area contributed by atoms with Crippen LogP contribution in [0.25, 0.3) is 0 Å². The second-order valence-corrected chi connectivity index (χ2v) is 3.01. The fraction of sp³-hybridized carbons (Fsp3) is 0.143. The summed E-state index contributed by atoms with van der Waals surface area (Å²) in [6.07, 6.45) is -3.87. The summed E-state index contributed by atoms with van der Waals surface area (Å²) in [4.78, 5) is 13.7. The van der Waals surface area contributed by atoms with E-state index in [1.54, 1.807) is 0 Å². The third kappa shape index (κ3) is 2.16. The van der Waals surface area contributed by atoms with E-state index in [1.807, 2.05) is 0 Å². The Bertz CT molecular complexity index is 378. The minimum absolute atomic E-state index is 0.407. The van der Waals surface area contributed by atoms with Gasteiger partial charge in [0.2, 0.25) is 0 Å². The van der Waals surface area contributed by atoms with Crippen molar-refractivity contribution in [3.8, 4) is 0 Å². The zero-order chi connectivity index (χ0) is 10.9. The highest BCUT2D eigenvalue weighted by molar-refractivity contribution is 6.68. The third-order valence-corrected chi connectivity index (χ3v) is 1.96. The lowest BCUT2D eigenvalue weighted by Gasteiger charge is -2.08. The minimum Gasteiger partial charge on any atom is -0.276 e. The molecule has 0 spiro atoms. The van der Waals surface area contributed by atoms with Gasteiger partial charge in [-0.2, -0.15) is 13.2 Å². The molecule has 76 valence electrons. The van der Waals surface area contributed by atoms with Crippen molar-refractivity contribution < 1.29 is 18.0 Å². The smallest absolute Gasteiger partial charge is 0.276 e. The van der Waals surface area contributed by atoms with Gasteiger partial charge in [-0.1, -0.05) is 11.6 Å². The Morgan fingerprint density at radius 1 is 1.43 bits per heavy atom. The highest BCUT2D eigenvalue weighted by Gasteiger charge is 2.36. The normalized spacial score (nSPS) is 11.5. The van der Waals surface area contributed by atoms with Crippen LogP contribution in [0.2, 0.25) is 5.02 Å². The standard InChI is InChI=1S/C7H2Cl2F3NO/c8-4-3(6(9)14)1-2-13-5(4)7(10,11)12/h1-2H. The van der Waals surface area contributed by atoms with Crippen molar-refractivity contribution >= 4 is 28.4 Å². The average Bonchev–Trinajstić information content (AvgIpc) is 2.01. The van der Waals surface area contributed by atoms with Crippen LogP contribution in [0.15, 0.2) is 12.3 Å². The number of rotatable bonds is 1. The van der Waals surface area contributed by atoms with Gasteiger partial charge in [0.25, 0.3) is 5.24 Å². The molecule has 1 aromatic heterocycles. The fourth-order valence-electron chi connectivity index (χ4n) is 0.793. The number of aromatic nitrogens is 1. The van der Waals surface area contributed by atoms with Gasteiger partial charge in [-0.25, -0.2) is 0 Å². The van der Waals surface area contributed by atoms with E-state index in [0.29, 0.717) is 0 Å². The largest absolute Gasteiger partial charge is 0.434 e. The topological polar surface area (TPSA) is 30.0 Å². The Balaban J connectivity index is 3.35. The van der Waals surface area contributed by atoms with Gasteiger partial charge in [-0.15, -0.1) is 0 Å². The molecule has 0 atom stereocenters. The van der Waals surface area contributed by atoms with E-state index in [0.717, 1.165) is 12.3 Å². The molecule has 0 aromatic carbocycles. The quantitative estimate of drug-likeness (QED) is 0.710. The second-order valence-electron chi connectivity index (χ2n) is 2.29. The van der Waals surface area contributed by atoms with Crippen LogP contribution in [0.5, 0.6) is 0 Å². The summed E-state index contributed by atoms with van der Waals surface area (Å²) in [5, 5.41) is -1.83. The van der Waals surface area contributed by atoms with Gasteiger partial charge in [0, 0.05) is 6.20 Å². The first-order valence-corrected chi connectivity index (χ1v) is 4.01. The maximum absolute atomic E-state index is 12.2. The monoisotopic (exact) mass is 243 g/mol. The molecule has 0 bridgehead atoms. The van der Waals surface area contributed by atoms with Crippen molar-refractivity contribution in [1.82, 2.24) is 4.98 Å².